The first-order valence-corrected chi connectivity index (χ1v) is 11.2. The van der Waals surface area contributed by atoms with Crippen LogP contribution in [0, 0.1) is 0 Å². The second-order valence-corrected chi connectivity index (χ2v) is 8.13. The van der Waals surface area contributed by atoms with Crippen molar-refractivity contribution in [3.8, 4) is 0 Å². The average molecular weight is 425 g/mol. The molecule has 1 amide bonds. The lowest BCUT2D eigenvalue weighted by molar-refractivity contribution is -0.117. The van der Waals surface area contributed by atoms with Gasteiger partial charge in [-0.25, -0.2) is 4.98 Å². The molecule has 1 atom stereocenters. The van der Waals surface area contributed by atoms with Gasteiger partial charge in [-0.3, -0.25) is 14.2 Å². The molecule has 30 heavy (non-hydrogen) atoms. The maximum absolute atomic E-state index is 13.2. The van der Waals surface area contributed by atoms with E-state index in [1.54, 1.807) is 10.6 Å². The molecule has 0 spiro atoms. The van der Waals surface area contributed by atoms with Crippen LogP contribution in [-0.2, 0) is 11.3 Å². The van der Waals surface area contributed by atoms with Crippen LogP contribution in [0.1, 0.15) is 31.1 Å². The van der Waals surface area contributed by atoms with Crippen molar-refractivity contribution in [1.82, 2.24) is 14.5 Å². The summed E-state index contributed by atoms with van der Waals surface area (Å²) in [5.74, 6) is -0.455. The Balaban J connectivity index is 1.98. The van der Waals surface area contributed by atoms with E-state index in [9.17, 15) is 9.59 Å². The molecule has 1 aromatic heterocycles. The van der Waals surface area contributed by atoms with Crippen molar-refractivity contribution in [1.29, 1.82) is 0 Å². The number of para-hydroxylation sites is 1. The molecule has 0 radical (unpaired) electrons. The molecule has 1 unspecified atom stereocenters. The van der Waals surface area contributed by atoms with E-state index in [2.05, 4.69) is 18.7 Å². The van der Waals surface area contributed by atoms with Crippen molar-refractivity contribution in [2.75, 3.05) is 19.6 Å². The van der Waals surface area contributed by atoms with E-state index in [-0.39, 0.29) is 5.56 Å². The highest BCUT2D eigenvalue weighted by Gasteiger charge is 2.23. The first kappa shape index (κ1) is 22.1. The number of rotatable bonds is 10. The van der Waals surface area contributed by atoms with Crippen molar-refractivity contribution in [3.63, 3.8) is 0 Å². The average Bonchev–Trinajstić information content (AvgIpc) is 2.77. The van der Waals surface area contributed by atoms with Gasteiger partial charge < -0.3 is 10.6 Å². The van der Waals surface area contributed by atoms with Crippen LogP contribution in [-0.4, -0.2) is 40.0 Å². The number of thioether (sulfide) groups is 1. The minimum atomic E-state index is -0.617. The molecule has 6 nitrogen and oxygen atoms in total. The Kier molecular flexibility index (Phi) is 7.65. The largest absolute Gasteiger partial charge is 0.368 e. The van der Waals surface area contributed by atoms with Crippen molar-refractivity contribution in [2.45, 2.75) is 37.2 Å². The van der Waals surface area contributed by atoms with Crippen LogP contribution in [0.4, 0.5) is 0 Å². The van der Waals surface area contributed by atoms with E-state index < -0.39 is 11.2 Å². The van der Waals surface area contributed by atoms with Crippen LogP contribution in [0.15, 0.2) is 64.5 Å². The van der Waals surface area contributed by atoms with Gasteiger partial charge in [0.05, 0.1) is 10.9 Å². The van der Waals surface area contributed by atoms with Crippen molar-refractivity contribution < 1.29 is 4.79 Å². The summed E-state index contributed by atoms with van der Waals surface area (Å²) in [4.78, 5) is 32.5. The Morgan fingerprint density at radius 1 is 1.10 bits per heavy atom. The summed E-state index contributed by atoms with van der Waals surface area (Å²) in [7, 11) is 0. The SMILES string of the molecule is CCN(CC)CCCn1c(SC(C(N)=O)c2ccccc2)nc2ccccc2c1=O. The molecule has 0 aliphatic heterocycles. The number of hydrogen-bond acceptors (Lipinski definition) is 5. The maximum Gasteiger partial charge on any atom is 0.262 e. The topological polar surface area (TPSA) is 81.2 Å². The summed E-state index contributed by atoms with van der Waals surface area (Å²) >= 11 is 1.24. The monoisotopic (exact) mass is 424 g/mol. The zero-order valence-electron chi connectivity index (χ0n) is 17.5. The molecule has 1 heterocycles. The van der Waals surface area contributed by atoms with Gasteiger partial charge in [0, 0.05) is 6.54 Å². The second-order valence-electron chi connectivity index (χ2n) is 7.06. The third-order valence-electron chi connectivity index (χ3n) is 5.16. The molecule has 158 valence electrons. The van der Waals surface area contributed by atoms with Crippen molar-refractivity contribution in [3.05, 3.63) is 70.5 Å². The Bertz CT molecular complexity index is 1050. The van der Waals surface area contributed by atoms with Gasteiger partial charge in [-0.15, -0.1) is 0 Å². The summed E-state index contributed by atoms with van der Waals surface area (Å²) in [6, 6.07) is 16.7. The van der Waals surface area contributed by atoms with Crippen LogP contribution in [0.25, 0.3) is 10.9 Å². The van der Waals surface area contributed by atoms with E-state index in [1.165, 1.54) is 11.8 Å². The summed E-state index contributed by atoms with van der Waals surface area (Å²) in [6.45, 7) is 7.64. The third kappa shape index (κ3) is 5.09. The molecular formula is C23H28N4O2S. The normalized spacial score (nSPS) is 12.4. The predicted octanol–water partition coefficient (Wildman–Crippen LogP) is 3.45. The summed E-state index contributed by atoms with van der Waals surface area (Å²) < 4.78 is 1.69. The molecule has 3 rings (SSSR count). The number of carbonyl (C=O) groups excluding carboxylic acids is 1. The Labute approximate surface area is 181 Å². The van der Waals surface area contributed by atoms with Gasteiger partial charge in [-0.2, -0.15) is 0 Å². The Morgan fingerprint density at radius 3 is 2.43 bits per heavy atom. The van der Waals surface area contributed by atoms with E-state index in [0.29, 0.717) is 22.6 Å². The zero-order chi connectivity index (χ0) is 21.5. The predicted molar refractivity (Wildman–Crippen MR) is 123 cm³/mol. The lowest BCUT2D eigenvalue weighted by atomic mass is 10.1. The van der Waals surface area contributed by atoms with Crippen molar-refractivity contribution >= 4 is 28.6 Å². The second kappa shape index (κ2) is 10.4. The standard InChI is InChI=1S/C23H28N4O2S/c1-3-26(4-2)15-10-16-27-22(29)18-13-8-9-14-19(18)25-23(27)30-20(21(24)28)17-11-6-5-7-12-17/h5-9,11-14,20H,3-4,10,15-16H2,1-2H3,(H2,24,28). The van der Waals surface area contributed by atoms with E-state index >= 15 is 0 Å². The molecule has 3 aromatic rings. The first-order valence-electron chi connectivity index (χ1n) is 10.3. The fourth-order valence-electron chi connectivity index (χ4n) is 3.45. The minimum absolute atomic E-state index is 0.0843. The van der Waals surface area contributed by atoms with E-state index in [0.717, 1.165) is 31.6 Å². The molecular weight excluding hydrogens is 396 g/mol. The van der Waals surface area contributed by atoms with Gasteiger partial charge in [0.1, 0.15) is 5.25 Å². The van der Waals surface area contributed by atoms with E-state index in [4.69, 9.17) is 10.7 Å². The van der Waals surface area contributed by atoms with Crippen LogP contribution in [0.2, 0.25) is 0 Å². The zero-order valence-corrected chi connectivity index (χ0v) is 18.3. The van der Waals surface area contributed by atoms with Gasteiger partial charge >= 0.3 is 0 Å². The molecule has 0 saturated heterocycles. The summed E-state index contributed by atoms with van der Waals surface area (Å²) in [5, 5.41) is 0.485. The number of carbonyl (C=O) groups is 1. The molecule has 0 aliphatic rings. The van der Waals surface area contributed by atoms with Crippen LogP contribution in [0.5, 0.6) is 0 Å². The highest BCUT2D eigenvalue weighted by Crippen LogP contribution is 2.34. The molecule has 0 bridgehead atoms. The number of aromatic nitrogens is 2. The fraction of sp³-hybridized carbons (Fsp3) is 0.348. The van der Waals surface area contributed by atoms with Crippen molar-refractivity contribution in [2.24, 2.45) is 5.73 Å². The van der Waals surface area contributed by atoms with Gasteiger partial charge in [-0.1, -0.05) is 68.1 Å². The molecule has 0 saturated carbocycles. The van der Waals surface area contributed by atoms with Crippen LogP contribution in [0.3, 0.4) is 0 Å². The number of hydrogen-bond donors (Lipinski definition) is 1. The van der Waals surface area contributed by atoms with Gasteiger partial charge in [0.25, 0.3) is 5.56 Å². The number of nitrogens with two attached hydrogens (primary N) is 1. The van der Waals surface area contributed by atoms with E-state index in [1.807, 2.05) is 48.5 Å². The fourth-order valence-corrected chi connectivity index (χ4v) is 4.52. The summed E-state index contributed by atoms with van der Waals surface area (Å²) in [6.07, 6.45) is 0.821. The van der Waals surface area contributed by atoms with Gasteiger partial charge in [0.2, 0.25) is 5.91 Å². The molecule has 7 heteroatoms. The number of amides is 1. The lowest BCUT2D eigenvalue weighted by Gasteiger charge is -2.20. The lowest BCUT2D eigenvalue weighted by Crippen LogP contribution is -2.29. The number of nitrogens with zero attached hydrogens (tertiary/aromatic N) is 3. The number of fused-ring (bicyclic) bond motifs is 1. The van der Waals surface area contributed by atoms with Crippen LogP contribution >= 0.6 is 11.8 Å². The summed E-state index contributed by atoms with van der Waals surface area (Å²) in [5.41, 5.74) is 7.05. The highest BCUT2D eigenvalue weighted by molar-refractivity contribution is 8.00. The maximum atomic E-state index is 13.2. The van der Waals surface area contributed by atoms with Gasteiger partial charge in [-0.05, 0) is 43.8 Å². The first-order chi connectivity index (χ1) is 14.5. The smallest absolute Gasteiger partial charge is 0.262 e. The third-order valence-corrected chi connectivity index (χ3v) is 6.42. The minimum Gasteiger partial charge on any atom is -0.368 e. The number of primary amides is 1. The highest BCUT2D eigenvalue weighted by atomic mass is 32.2. The number of benzene rings is 2. The van der Waals surface area contributed by atoms with Crippen LogP contribution < -0.4 is 11.3 Å². The molecule has 0 aliphatic carbocycles. The molecule has 2 N–H and O–H groups in total. The Hall–Kier alpha value is -2.64. The quantitative estimate of drug-likeness (QED) is 0.398. The molecule has 0 fully saturated rings. The molecule has 2 aromatic carbocycles. The van der Waals surface area contributed by atoms with Gasteiger partial charge in [0.15, 0.2) is 5.16 Å². The Morgan fingerprint density at radius 2 is 1.77 bits per heavy atom.